The van der Waals surface area contributed by atoms with Gasteiger partial charge in [-0.1, -0.05) is 46.3 Å². The number of amides is 2. The first-order chi connectivity index (χ1) is 12.3. The van der Waals surface area contributed by atoms with Gasteiger partial charge in [0.1, 0.15) is 5.82 Å². The molecule has 0 unspecified atom stereocenters. The van der Waals surface area contributed by atoms with Crippen LogP contribution < -0.4 is 10.6 Å². The molecule has 26 heavy (non-hydrogen) atoms. The number of nitrogens with zero attached hydrogens (tertiary/aromatic N) is 2. The molecule has 1 aromatic heterocycles. The van der Waals surface area contributed by atoms with Crippen LogP contribution in [-0.4, -0.2) is 15.8 Å². The quantitative estimate of drug-likeness (QED) is 0.578. The fraction of sp³-hybridized carbons (Fsp3) is 0.200. The van der Waals surface area contributed by atoms with E-state index in [4.69, 9.17) is 5.10 Å². The van der Waals surface area contributed by atoms with Crippen LogP contribution in [0, 0.1) is 0 Å². The van der Waals surface area contributed by atoms with Crippen molar-refractivity contribution in [2.45, 2.75) is 26.3 Å². The maximum absolute atomic E-state index is 12.4. The minimum absolute atomic E-state index is 0.271. The molecule has 0 fully saturated rings. The normalized spacial score (nSPS) is 11.2. The number of carbonyl (C=O) groups is 1. The molecule has 2 amide bonds. The molecule has 2 N–H and O–H groups in total. The van der Waals surface area contributed by atoms with Gasteiger partial charge in [0, 0.05) is 21.8 Å². The summed E-state index contributed by atoms with van der Waals surface area (Å²) in [7, 11) is 0. The van der Waals surface area contributed by atoms with Crippen LogP contribution in [0.5, 0.6) is 0 Å². The monoisotopic (exact) mass is 412 g/mol. The summed E-state index contributed by atoms with van der Waals surface area (Å²) in [6, 6.07) is 18.9. The lowest BCUT2D eigenvalue weighted by Crippen LogP contribution is -2.28. The highest BCUT2D eigenvalue weighted by molar-refractivity contribution is 9.10. The van der Waals surface area contributed by atoms with Crippen molar-refractivity contribution >= 4 is 33.5 Å². The van der Waals surface area contributed by atoms with Crippen LogP contribution in [0.4, 0.5) is 16.3 Å². The van der Waals surface area contributed by atoms with E-state index in [0.29, 0.717) is 5.82 Å². The lowest BCUT2D eigenvalue weighted by atomic mass is 10.1. The third-order valence-electron chi connectivity index (χ3n) is 3.76. The van der Waals surface area contributed by atoms with Crippen molar-refractivity contribution < 1.29 is 4.79 Å². The molecule has 1 heterocycles. The average molecular weight is 413 g/mol. The third-order valence-corrected chi connectivity index (χ3v) is 4.29. The minimum Gasteiger partial charge on any atom is -0.308 e. The van der Waals surface area contributed by atoms with Crippen LogP contribution in [0.3, 0.4) is 0 Å². The number of carbonyl (C=O) groups excluding carboxylic acids is 1. The van der Waals surface area contributed by atoms with E-state index in [1.54, 1.807) is 0 Å². The van der Waals surface area contributed by atoms with Crippen LogP contribution >= 0.6 is 15.9 Å². The Morgan fingerprint density at radius 3 is 2.27 bits per heavy atom. The van der Waals surface area contributed by atoms with E-state index in [2.05, 4.69) is 26.6 Å². The summed E-state index contributed by atoms with van der Waals surface area (Å²) < 4.78 is 2.79. The zero-order chi connectivity index (χ0) is 18.7. The first-order valence-electron chi connectivity index (χ1n) is 8.32. The predicted molar refractivity (Wildman–Crippen MR) is 109 cm³/mol. The summed E-state index contributed by atoms with van der Waals surface area (Å²) >= 11 is 3.38. The first kappa shape index (κ1) is 18.2. The SMILES string of the molecule is CC(C)(C)n1nc(-c2ccccc2)cc1NC(=O)Nc1ccc(Br)cc1. The van der Waals surface area contributed by atoms with Gasteiger partial charge < -0.3 is 5.32 Å². The number of anilines is 2. The van der Waals surface area contributed by atoms with Gasteiger partial charge >= 0.3 is 6.03 Å². The van der Waals surface area contributed by atoms with Crippen molar-refractivity contribution in [1.82, 2.24) is 9.78 Å². The molecule has 3 rings (SSSR count). The topological polar surface area (TPSA) is 59.0 Å². The largest absolute Gasteiger partial charge is 0.324 e. The van der Waals surface area contributed by atoms with Gasteiger partial charge in [-0.05, 0) is 45.0 Å². The van der Waals surface area contributed by atoms with Crippen LogP contribution in [0.25, 0.3) is 11.3 Å². The smallest absolute Gasteiger partial charge is 0.308 e. The van der Waals surface area contributed by atoms with E-state index in [1.165, 1.54) is 0 Å². The van der Waals surface area contributed by atoms with Gasteiger partial charge in [-0.3, -0.25) is 5.32 Å². The van der Waals surface area contributed by atoms with Crippen LogP contribution in [0.15, 0.2) is 65.1 Å². The molecular weight excluding hydrogens is 392 g/mol. The Morgan fingerprint density at radius 1 is 1.00 bits per heavy atom. The summed E-state index contributed by atoms with van der Waals surface area (Å²) in [5.41, 5.74) is 2.27. The molecule has 2 aromatic carbocycles. The van der Waals surface area contributed by atoms with E-state index in [9.17, 15) is 4.79 Å². The number of halogens is 1. The van der Waals surface area contributed by atoms with Gasteiger partial charge in [0.2, 0.25) is 0 Å². The highest BCUT2D eigenvalue weighted by Crippen LogP contribution is 2.27. The Labute approximate surface area is 161 Å². The number of benzene rings is 2. The van der Waals surface area contributed by atoms with E-state index < -0.39 is 0 Å². The second-order valence-corrected chi connectivity index (χ2v) is 7.87. The number of hydrogen-bond donors (Lipinski definition) is 2. The summed E-state index contributed by atoms with van der Waals surface area (Å²) in [4.78, 5) is 12.4. The van der Waals surface area contributed by atoms with Crippen LogP contribution in [-0.2, 0) is 5.54 Å². The number of rotatable bonds is 3. The molecule has 0 radical (unpaired) electrons. The molecule has 0 aliphatic carbocycles. The molecule has 0 bridgehead atoms. The van der Waals surface area contributed by atoms with Crippen molar-refractivity contribution in [2.24, 2.45) is 0 Å². The first-order valence-corrected chi connectivity index (χ1v) is 9.12. The van der Waals surface area contributed by atoms with Crippen molar-refractivity contribution in [1.29, 1.82) is 0 Å². The van der Waals surface area contributed by atoms with Crippen molar-refractivity contribution in [3.63, 3.8) is 0 Å². The van der Waals surface area contributed by atoms with Gasteiger partial charge in [-0.25, -0.2) is 9.48 Å². The predicted octanol–water partition coefficient (Wildman–Crippen LogP) is 5.71. The summed E-state index contributed by atoms with van der Waals surface area (Å²) in [6.07, 6.45) is 0. The third kappa shape index (κ3) is 4.32. The molecular formula is C20H21BrN4O. The molecule has 0 saturated heterocycles. The number of hydrogen-bond acceptors (Lipinski definition) is 2. The molecule has 3 aromatic rings. The van der Waals surface area contributed by atoms with Gasteiger partial charge in [0.25, 0.3) is 0 Å². The second kappa shape index (κ2) is 7.33. The van der Waals surface area contributed by atoms with Crippen molar-refractivity contribution in [2.75, 3.05) is 10.6 Å². The van der Waals surface area contributed by atoms with Gasteiger partial charge in [0.05, 0.1) is 11.2 Å². The molecule has 0 saturated carbocycles. The number of urea groups is 1. The fourth-order valence-electron chi connectivity index (χ4n) is 2.54. The maximum atomic E-state index is 12.4. The fourth-order valence-corrected chi connectivity index (χ4v) is 2.81. The highest BCUT2D eigenvalue weighted by Gasteiger charge is 2.21. The Balaban J connectivity index is 1.85. The summed E-state index contributed by atoms with van der Waals surface area (Å²) in [5, 5.41) is 10.4. The Bertz CT molecular complexity index is 896. The van der Waals surface area contributed by atoms with E-state index in [0.717, 1.165) is 21.4 Å². The van der Waals surface area contributed by atoms with Crippen LogP contribution in [0.2, 0.25) is 0 Å². The zero-order valence-electron chi connectivity index (χ0n) is 15.0. The van der Waals surface area contributed by atoms with Crippen molar-refractivity contribution in [3.8, 4) is 11.3 Å². The van der Waals surface area contributed by atoms with Gasteiger partial charge in [-0.15, -0.1) is 0 Å². The zero-order valence-corrected chi connectivity index (χ0v) is 16.5. The molecule has 134 valence electrons. The molecule has 0 spiro atoms. The van der Waals surface area contributed by atoms with E-state index >= 15 is 0 Å². The molecule has 0 aliphatic heterocycles. The maximum Gasteiger partial charge on any atom is 0.324 e. The van der Waals surface area contributed by atoms with Crippen LogP contribution in [0.1, 0.15) is 20.8 Å². The Kier molecular flexibility index (Phi) is 5.13. The minimum atomic E-state index is -0.308. The molecule has 0 aliphatic rings. The Morgan fingerprint density at radius 2 is 1.65 bits per heavy atom. The average Bonchev–Trinajstić information content (AvgIpc) is 3.02. The standard InChI is InChI=1S/C20H21BrN4O/c1-20(2,3)25-18(13-17(24-25)14-7-5-4-6-8-14)23-19(26)22-16-11-9-15(21)10-12-16/h4-13H,1-3H3,(H2,22,23,26). The molecule has 0 atom stereocenters. The summed E-state index contributed by atoms with van der Waals surface area (Å²) in [5.74, 6) is 0.644. The van der Waals surface area contributed by atoms with Crippen molar-refractivity contribution in [3.05, 3.63) is 65.1 Å². The number of nitrogens with one attached hydrogen (secondary N) is 2. The molecule has 6 heteroatoms. The second-order valence-electron chi connectivity index (χ2n) is 6.95. The lowest BCUT2D eigenvalue weighted by molar-refractivity contribution is 0.261. The lowest BCUT2D eigenvalue weighted by Gasteiger charge is -2.22. The van der Waals surface area contributed by atoms with Gasteiger partial charge in [0.15, 0.2) is 0 Å². The molecule has 5 nitrogen and oxygen atoms in total. The van der Waals surface area contributed by atoms with Gasteiger partial charge in [-0.2, -0.15) is 5.10 Å². The summed E-state index contributed by atoms with van der Waals surface area (Å²) in [6.45, 7) is 6.14. The Hall–Kier alpha value is -2.60. The number of aromatic nitrogens is 2. The van der Waals surface area contributed by atoms with E-state index in [1.807, 2.05) is 86.1 Å². The van der Waals surface area contributed by atoms with E-state index in [-0.39, 0.29) is 11.6 Å². The highest BCUT2D eigenvalue weighted by atomic mass is 79.9.